The van der Waals surface area contributed by atoms with Gasteiger partial charge in [0.05, 0.1) is 17.7 Å². The first-order valence-corrected chi connectivity index (χ1v) is 3.85. The van der Waals surface area contributed by atoms with Crippen LogP contribution >= 0.6 is 11.3 Å². The van der Waals surface area contributed by atoms with Crippen molar-refractivity contribution in [3.05, 3.63) is 16.6 Å². The van der Waals surface area contributed by atoms with Crippen LogP contribution in [0.4, 0.5) is 0 Å². The van der Waals surface area contributed by atoms with Crippen LogP contribution in [0.15, 0.2) is 10.9 Å². The van der Waals surface area contributed by atoms with Crippen LogP contribution in [0.1, 0.15) is 12.6 Å². The standard InChI is InChI=1S/C6H8N2OS/c1-5(9)7-2-6-3-10-4-8-6/h3-4H,2H2,1H3,(H,7,9). The summed E-state index contributed by atoms with van der Waals surface area (Å²) >= 11 is 1.53. The van der Waals surface area contributed by atoms with Crippen molar-refractivity contribution < 1.29 is 4.79 Å². The van der Waals surface area contributed by atoms with E-state index in [0.717, 1.165) is 5.69 Å². The van der Waals surface area contributed by atoms with E-state index in [9.17, 15) is 4.79 Å². The highest BCUT2D eigenvalue weighted by Gasteiger charge is 1.93. The van der Waals surface area contributed by atoms with E-state index in [1.165, 1.54) is 18.3 Å². The molecule has 0 atom stereocenters. The zero-order chi connectivity index (χ0) is 7.40. The highest BCUT2D eigenvalue weighted by atomic mass is 32.1. The molecular weight excluding hydrogens is 148 g/mol. The third-order valence-electron chi connectivity index (χ3n) is 1.00. The summed E-state index contributed by atoms with van der Waals surface area (Å²) in [6.45, 7) is 2.03. The highest BCUT2D eigenvalue weighted by molar-refractivity contribution is 7.07. The molecule has 0 aliphatic heterocycles. The quantitative estimate of drug-likeness (QED) is 0.687. The lowest BCUT2D eigenvalue weighted by Crippen LogP contribution is -2.18. The van der Waals surface area contributed by atoms with Crippen LogP contribution in [0.25, 0.3) is 0 Å². The minimum absolute atomic E-state index is 0.0204. The number of thiazole rings is 1. The monoisotopic (exact) mass is 156 g/mol. The molecule has 0 aliphatic carbocycles. The van der Waals surface area contributed by atoms with Crippen LogP contribution in [0, 0.1) is 0 Å². The number of nitrogens with one attached hydrogen (secondary N) is 1. The predicted molar refractivity (Wildman–Crippen MR) is 39.6 cm³/mol. The van der Waals surface area contributed by atoms with Crippen LogP contribution in [0.3, 0.4) is 0 Å². The van der Waals surface area contributed by atoms with Crippen molar-refractivity contribution in [2.24, 2.45) is 0 Å². The Kier molecular flexibility index (Phi) is 2.39. The van der Waals surface area contributed by atoms with Crippen molar-refractivity contribution in [3.63, 3.8) is 0 Å². The summed E-state index contributed by atoms with van der Waals surface area (Å²) < 4.78 is 0. The minimum Gasteiger partial charge on any atom is -0.351 e. The molecule has 1 aromatic rings. The molecule has 0 saturated carbocycles. The summed E-state index contributed by atoms with van der Waals surface area (Å²) in [6, 6.07) is 0. The van der Waals surface area contributed by atoms with E-state index in [4.69, 9.17) is 0 Å². The average Bonchev–Trinajstić information content (AvgIpc) is 2.34. The van der Waals surface area contributed by atoms with Gasteiger partial charge in [0.2, 0.25) is 5.91 Å². The minimum atomic E-state index is -0.0204. The number of hydrogen-bond acceptors (Lipinski definition) is 3. The number of carbonyl (C=O) groups is 1. The van der Waals surface area contributed by atoms with Crippen LogP contribution in [0.5, 0.6) is 0 Å². The number of carbonyl (C=O) groups excluding carboxylic acids is 1. The molecule has 4 heteroatoms. The van der Waals surface area contributed by atoms with E-state index in [2.05, 4.69) is 10.3 Å². The Bertz CT molecular complexity index is 208. The Labute approximate surface area is 63.1 Å². The van der Waals surface area contributed by atoms with Gasteiger partial charge in [-0.3, -0.25) is 4.79 Å². The van der Waals surface area contributed by atoms with Crippen LogP contribution in [-0.4, -0.2) is 10.9 Å². The van der Waals surface area contributed by atoms with Crippen molar-refractivity contribution in [1.82, 2.24) is 10.3 Å². The second-order valence-corrected chi connectivity index (χ2v) is 2.61. The van der Waals surface area contributed by atoms with Crippen molar-refractivity contribution >= 4 is 17.2 Å². The molecule has 10 heavy (non-hydrogen) atoms. The first-order chi connectivity index (χ1) is 4.79. The predicted octanol–water partition coefficient (Wildman–Crippen LogP) is 0.779. The van der Waals surface area contributed by atoms with Gasteiger partial charge in [0.1, 0.15) is 0 Å². The zero-order valence-electron chi connectivity index (χ0n) is 5.63. The molecule has 1 N–H and O–H groups in total. The van der Waals surface area contributed by atoms with E-state index in [1.807, 2.05) is 5.38 Å². The Morgan fingerprint density at radius 1 is 1.90 bits per heavy atom. The van der Waals surface area contributed by atoms with Crippen molar-refractivity contribution in [2.75, 3.05) is 0 Å². The number of nitrogens with zero attached hydrogens (tertiary/aromatic N) is 1. The fourth-order valence-electron chi connectivity index (χ4n) is 0.540. The maximum atomic E-state index is 10.4. The Balaban J connectivity index is 2.35. The molecule has 0 spiro atoms. The van der Waals surface area contributed by atoms with Gasteiger partial charge in [0.25, 0.3) is 0 Å². The summed E-state index contributed by atoms with van der Waals surface area (Å²) in [5.41, 5.74) is 2.66. The second kappa shape index (κ2) is 3.31. The van der Waals surface area contributed by atoms with E-state index in [1.54, 1.807) is 5.51 Å². The molecule has 0 bridgehead atoms. The molecule has 1 rings (SSSR count). The fraction of sp³-hybridized carbons (Fsp3) is 0.333. The molecule has 0 saturated heterocycles. The summed E-state index contributed by atoms with van der Waals surface area (Å²) in [5, 5.41) is 4.57. The smallest absolute Gasteiger partial charge is 0.217 e. The van der Waals surface area contributed by atoms with Gasteiger partial charge in [-0.05, 0) is 0 Å². The van der Waals surface area contributed by atoms with Gasteiger partial charge in [-0.1, -0.05) is 0 Å². The van der Waals surface area contributed by atoms with E-state index in [-0.39, 0.29) is 5.91 Å². The van der Waals surface area contributed by atoms with E-state index < -0.39 is 0 Å². The van der Waals surface area contributed by atoms with Crippen LogP contribution in [-0.2, 0) is 11.3 Å². The van der Waals surface area contributed by atoms with Gasteiger partial charge in [-0.15, -0.1) is 11.3 Å². The molecule has 1 heterocycles. The largest absolute Gasteiger partial charge is 0.351 e. The summed E-state index contributed by atoms with van der Waals surface area (Å²) in [5.74, 6) is -0.0204. The van der Waals surface area contributed by atoms with Crippen LogP contribution in [0.2, 0.25) is 0 Å². The second-order valence-electron chi connectivity index (χ2n) is 1.89. The third-order valence-corrected chi connectivity index (χ3v) is 1.64. The van der Waals surface area contributed by atoms with Gasteiger partial charge >= 0.3 is 0 Å². The van der Waals surface area contributed by atoms with E-state index in [0.29, 0.717) is 6.54 Å². The lowest BCUT2D eigenvalue weighted by molar-refractivity contribution is -0.119. The summed E-state index contributed by atoms with van der Waals surface area (Å²) in [6.07, 6.45) is 0. The molecule has 0 unspecified atom stereocenters. The molecule has 1 aromatic heterocycles. The molecule has 1 amide bonds. The Morgan fingerprint density at radius 3 is 3.20 bits per heavy atom. The first kappa shape index (κ1) is 7.21. The summed E-state index contributed by atoms with van der Waals surface area (Å²) in [7, 11) is 0. The number of aromatic nitrogens is 1. The first-order valence-electron chi connectivity index (χ1n) is 2.90. The van der Waals surface area contributed by atoms with Crippen molar-refractivity contribution in [3.8, 4) is 0 Å². The summed E-state index contributed by atoms with van der Waals surface area (Å²) in [4.78, 5) is 14.4. The zero-order valence-corrected chi connectivity index (χ0v) is 6.44. The Morgan fingerprint density at radius 2 is 2.70 bits per heavy atom. The van der Waals surface area contributed by atoms with Gasteiger partial charge in [0, 0.05) is 12.3 Å². The molecule has 0 radical (unpaired) electrons. The molecule has 3 nitrogen and oxygen atoms in total. The van der Waals surface area contributed by atoms with Crippen LogP contribution < -0.4 is 5.32 Å². The van der Waals surface area contributed by atoms with Gasteiger partial charge in [-0.2, -0.15) is 0 Å². The van der Waals surface area contributed by atoms with Gasteiger partial charge in [0.15, 0.2) is 0 Å². The topological polar surface area (TPSA) is 42.0 Å². The average molecular weight is 156 g/mol. The number of amides is 1. The molecular formula is C6H8N2OS. The highest BCUT2D eigenvalue weighted by Crippen LogP contribution is 1.99. The molecule has 0 aromatic carbocycles. The SMILES string of the molecule is CC(=O)NCc1cscn1. The maximum Gasteiger partial charge on any atom is 0.217 e. The normalized spacial score (nSPS) is 9.30. The lowest BCUT2D eigenvalue weighted by atomic mass is 10.5. The van der Waals surface area contributed by atoms with E-state index >= 15 is 0 Å². The molecule has 54 valence electrons. The van der Waals surface area contributed by atoms with Crippen molar-refractivity contribution in [2.45, 2.75) is 13.5 Å². The van der Waals surface area contributed by atoms with Gasteiger partial charge in [-0.25, -0.2) is 4.98 Å². The number of rotatable bonds is 2. The number of hydrogen-bond donors (Lipinski definition) is 1. The molecule has 0 fully saturated rings. The molecule has 0 aliphatic rings. The third kappa shape index (κ3) is 2.14. The Hall–Kier alpha value is -0.900. The fourth-order valence-corrected chi connectivity index (χ4v) is 1.10. The maximum absolute atomic E-state index is 10.4. The lowest BCUT2D eigenvalue weighted by Gasteiger charge is -1.95. The van der Waals surface area contributed by atoms with Gasteiger partial charge < -0.3 is 5.32 Å². The van der Waals surface area contributed by atoms with Crippen molar-refractivity contribution in [1.29, 1.82) is 0 Å².